The van der Waals surface area contributed by atoms with Crippen molar-refractivity contribution in [2.24, 2.45) is 17.8 Å². The van der Waals surface area contributed by atoms with Gasteiger partial charge in [-0.2, -0.15) is 0 Å². The van der Waals surface area contributed by atoms with Crippen LogP contribution in [-0.2, 0) is 9.59 Å². The summed E-state index contributed by atoms with van der Waals surface area (Å²) >= 11 is 3.39. The van der Waals surface area contributed by atoms with Crippen LogP contribution in [0.3, 0.4) is 0 Å². The minimum absolute atomic E-state index is 0.127. The fraction of sp³-hybridized carbons (Fsp3) is 0.379. The zero-order valence-electron chi connectivity index (χ0n) is 21.7. The average Bonchev–Trinajstić information content (AvgIpc) is 3.17. The van der Waals surface area contributed by atoms with Crippen molar-refractivity contribution in [1.29, 1.82) is 0 Å². The molecular formula is C29H31BrN2O7. The Morgan fingerprint density at radius 1 is 1.23 bits per heavy atom. The van der Waals surface area contributed by atoms with Crippen molar-refractivity contribution < 1.29 is 29.8 Å². The van der Waals surface area contributed by atoms with E-state index in [-0.39, 0.29) is 23.5 Å². The van der Waals surface area contributed by atoms with Gasteiger partial charge in [-0.05, 0) is 62.4 Å². The van der Waals surface area contributed by atoms with E-state index in [0.717, 1.165) is 20.5 Å². The summed E-state index contributed by atoms with van der Waals surface area (Å²) < 4.78 is 0.828. The molecule has 4 rings (SSSR count). The van der Waals surface area contributed by atoms with E-state index in [1.165, 1.54) is 24.3 Å². The van der Waals surface area contributed by atoms with Gasteiger partial charge < -0.3 is 15.3 Å². The lowest BCUT2D eigenvalue weighted by atomic mass is 9.67. The Labute approximate surface area is 234 Å². The number of anilines is 1. The molecule has 0 saturated carbocycles. The first-order valence-corrected chi connectivity index (χ1v) is 13.6. The number of halogens is 1. The van der Waals surface area contributed by atoms with Gasteiger partial charge in [-0.3, -0.25) is 19.7 Å². The Morgan fingerprint density at radius 3 is 2.64 bits per heavy atom. The number of carbonyl (C=O) groups is 2. The zero-order chi connectivity index (χ0) is 28.4. The number of aliphatic hydroxyl groups excluding tert-OH is 2. The fourth-order valence-electron chi connectivity index (χ4n) is 5.80. The molecule has 0 aromatic heterocycles. The van der Waals surface area contributed by atoms with Crippen LogP contribution in [0.1, 0.15) is 45.1 Å². The number of nitro groups is 1. The summed E-state index contributed by atoms with van der Waals surface area (Å²) in [5, 5.41) is 43.1. The van der Waals surface area contributed by atoms with Crippen LogP contribution in [-0.4, -0.2) is 44.8 Å². The highest BCUT2D eigenvalue weighted by molar-refractivity contribution is 9.10. The number of rotatable bonds is 9. The first-order chi connectivity index (χ1) is 18.6. The number of nitro benzene ring substituents is 1. The minimum Gasteiger partial charge on any atom is -0.507 e. The van der Waals surface area contributed by atoms with Gasteiger partial charge in [-0.1, -0.05) is 46.1 Å². The van der Waals surface area contributed by atoms with Crippen molar-refractivity contribution in [2.45, 2.75) is 45.6 Å². The van der Waals surface area contributed by atoms with E-state index in [1.54, 1.807) is 18.2 Å². The Kier molecular flexibility index (Phi) is 8.68. The van der Waals surface area contributed by atoms with Crippen LogP contribution in [0.4, 0.5) is 11.4 Å². The molecule has 39 heavy (non-hydrogen) atoms. The lowest BCUT2D eigenvalue weighted by Gasteiger charge is -2.36. The van der Waals surface area contributed by atoms with Crippen molar-refractivity contribution in [3.63, 3.8) is 0 Å². The molecule has 1 aliphatic carbocycles. The van der Waals surface area contributed by atoms with Gasteiger partial charge in [0.2, 0.25) is 11.8 Å². The Bertz CT molecular complexity index is 1370. The van der Waals surface area contributed by atoms with E-state index in [9.17, 15) is 35.0 Å². The molecule has 1 aliphatic heterocycles. The number of aliphatic hydroxyl groups is 2. The molecule has 2 amide bonds. The molecule has 4 atom stereocenters. The minimum atomic E-state index is -0.938. The van der Waals surface area contributed by atoms with Crippen LogP contribution in [0.15, 0.2) is 63.7 Å². The third-order valence-corrected chi connectivity index (χ3v) is 8.16. The summed E-state index contributed by atoms with van der Waals surface area (Å²) in [7, 11) is 0. The van der Waals surface area contributed by atoms with Crippen LogP contribution in [0.25, 0.3) is 6.08 Å². The summed E-state index contributed by atoms with van der Waals surface area (Å²) in [6.45, 7) is 3.40. The number of hydrogen-bond acceptors (Lipinski definition) is 7. The van der Waals surface area contributed by atoms with Crippen molar-refractivity contribution in [2.75, 3.05) is 11.5 Å². The van der Waals surface area contributed by atoms with E-state index >= 15 is 0 Å². The Morgan fingerprint density at radius 2 is 1.97 bits per heavy atom. The molecule has 2 aliphatic rings. The van der Waals surface area contributed by atoms with E-state index in [1.807, 2.05) is 19.9 Å². The topological polar surface area (TPSA) is 141 Å². The fourth-order valence-corrected chi connectivity index (χ4v) is 6.18. The van der Waals surface area contributed by atoms with Gasteiger partial charge in [0.05, 0.1) is 35.2 Å². The molecular weight excluding hydrogens is 568 g/mol. The first-order valence-electron chi connectivity index (χ1n) is 12.9. The molecule has 1 saturated heterocycles. The first kappa shape index (κ1) is 28.7. The van der Waals surface area contributed by atoms with E-state index in [0.29, 0.717) is 30.4 Å². The number of phenols is 1. The van der Waals surface area contributed by atoms with Gasteiger partial charge in [0.1, 0.15) is 5.75 Å². The number of amides is 2. The second-order valence-corrected chi connectivity index (χ2v) is 11.0. The van der Waals surface area contributed by atoms with Gasteiger partial charge in [-0.25, -0.2) is 4.90 Å². The standard InChI is InChI=1S/C29H31BrN2O7/c1-3-17-13-22-27(29(37)31(28(22)36)20-5-4-6-21(14-20)32(38)39)23(15-33)26(17)25(35)9-7-16(2)11-18-12-19(30)8-10-24(18)34/h4-6,8,10-12,14,22-23,25,27,33-35H,3,7,9,13,15H2,1-2H3/b16-11+/t22-,23+,25-,27-/m1/s1. The van der Waals surface area contributed by atoms with Crippen LogP contribution in [0, 0.1) is 27.9 Å². The maximum Gasteiger partial charge on any atom is 0.271 e. The molecule has 0 unspecified atom stereocenters. The van der Waals surface area contributed by atoms with E-state index in [2.05, 4.69) is 15.9 Å². The summed E-state index contributed by atoms with van der Waals surface area (Å²) in [5.41, 5.74) is 2.92. The van der Waals surface area contributed by atoms with Crippen molar-refractivity contribution in [1.82, 2.24) is 0 Å². The molecule has 2 aromatic carbocycles. The summed E-state index contributed by atoms with van der Waals surface area (Å²) in [5.74, 6) is -3.14. The SMILES string of the molecule is CCC1=C([C@H](O)CC/C(C)=C/c2cc(Br)ccc2O)[C@H](CO)[C@@H]2C(=O)N(c3cccc([N+](=O)[O-])c3)C(=O)[C@@H]2C1. The van der Waals surface area contributed by atoms with Gasteiger partial charge in [0.25, 0.3) is 5.69 Å². The Hall–Kier alpha value is -3.34. The molecule has 3 N–H and O–H groups in total. The smallest absolute Gasteiger partial charge is 0.271 e. The van der Waals surface area contributed by atoms with Crippen LogP contribution < -0.4 is 4.90 Å². The summed E-state index contributed by atoms with van der Waals surface area (Å²) in [4.78, 5) is 38.6. The van der Waals surface area contributed by atoms with E-state index < -0.39 is 47.2 Å². The molecule has 0 bridgehead atoms. The largest absolute Gasteiger partial charge is 0.507 e. The predicted molar refractivity (Wildman–Crippen MR) is 150 cm³/mol. The number of aromatic hydroxyl groups is 1. The number of carbonyl (C=O) groups excluding carboxylic acids is 2. The second-order valence-electron chi connectivity index (χ2n) is 10.1. The van der Waals surface area contributed by atoms with E-state index in [4.69, 9.17) is 0 Å². The normalized spacial score (nSPS) is 22.3. The summed E-state index contributed by atoms with van der Waals surface area (Å²) in [6, 6.07) is 10.5. The maximum atomic E-state index is 13.6. The number of hydrogen-bond donors (Lipinski definition) is 3. The zero-order valence-corrected chi connectivity index (χ0v) is 23.3. The predicted octanol–water partition coefficient (Wildman–Crippen LogP) is 5.13. The molecule has 0 spiro atoms. The number of nitrogens with zero attached hydrogens (tertiary/aromatic N) is 2. The molecule has 1 heterocycles. The van der Waals surface area contributed by atoms with Crippen molar-refractivity contribution in [3.05, 3.63) is 79.3 Å². The Balaban J connectivity index is 1.58. The number of benzene rings is 2. The molecule has 0 radical (unpaired) electrons. The monoisotopic (exact) mass is 598 g/mol. The average molecular weight is 599 g/mol. The van der Waals surface area contributed by atoms with Crippen LogP contribution >= 0.6 is 15.9 Å². The highest BCUT2D eigenvalue weighted by Gasteiger charge is 2.55. The van der Waals surface area contributed by atoms with Crippen molar-refractivity contribution >= 4 is 45.2 Å². The van der Waals surface area contributed by atoms with Gasteiger partial charge in [0, 0.05) is 28.1 Å². The van der Waals surface area contributed by atoms with Crippen LogP contribution in [0.5, 0.6) is 5.75 Å². The number of non-ortho nitro benzene ring substituents is 1. The second kappa shape index (κ2) is 11.8. The molecule has 206 valence electrons. The third kappa shape index (κ3) is 5.68. The number of imide groups is 1. The molecule has 2 aromatic rings. The van der Waals surface area contributed by atoms with Gasteiger partial charge >= 0.3 is 0 Å². The lowest BCUT2D eigenvalue weighted by Crippen LogP contribution is -2.39. The number of allylic oxidation sites excluding steroid dienone is 2. The third-order valence-electron chi connectivity index (χ3n) is 7.67. The maximum absolute atomic E-state index is 13.6. The van der Waals surface area contributed by atoms with Crippen molar-refractivity contribution in [3.8, 4) is 5.75 Å². The number of phenolic OH excluding ortho intramolecular Hbond substituents is 1. The highest BCUT2D eigenvalue weighted by Crippen LogP contribution is 2.48. The molecule has 10 heteroatoms. The van der Waals surface area contributed by atoms with Gasteiger partial charge in [0.15, 0.2) is 0 Å². The highest BCUT2D eigenvalue weighted by atomic mass is 79.9. The van der Waals surface area contributed by atoms with Gasteiger partial charge in [-0.15, -0.1) is 0 Å². The van der Waals surface area contributed by atoms with Crippen LogP contribution in [0.2, 0.25) is 0 Å². The lowest BCUT2D eigenvalue weighted by molar-refractivity contribution is -0.384. The summed E-state index contributed by atoms with van der Waals surface area (Å²) in [6.07, 6.45) is 2.57. The number of fused-ring (bicyclic) bond motifs is 1. The molecule has 1 fully saturated rings. The molecule has 9 nitrogen and oxygen atoms in total. The quantitative estimate of drug-likeness (QED) is 0.157.